The predicted octanol–water partition coefficient (Wildman–Crippen LogP) is 3.50. The highest BCUT2D eigenvalue weighted by molar-refractivity contribution is 5.78. The fraction of sp³-hybridized carbons (Fsp3) is 0.294. The number of halogens is 1. The molecule has 4 heteroatoms. The monoisotopic (exact) mass is 287 g/mol. The lowest BCUT2D eigenvalue weighted by Gasteiger charge is -2.15. The Kier molecular flexibility index (Phi) is 5.43. The molecule has 0 N–H and O–H groups in total. The largest absolute Gasteiger partial charge is 0.466 e. The molecule has 0 saturated carbocycles. The van der Waals surface area contributed by atoms with Crippen molar-refractivity contribution in [3.63, 3.8) is 0 Å². The van der Waals surface area contributed by atoms with Crippen LogP contribution in [0.15, 0.2) is 48.8 Å². The van der Waals surface area contributed by atoms with Gasteiger partial charge < -0.3 is 4.74 Å². The number of esters is 1. The molecule has 3 nitrogen and oxygen atoms in total. The van der Waals surface area contributed by atoms with Gasteiger partial charge in [-0.1, -0.05) is 12.1 Å². The number of aromatic nitrogens is 1. The molecule has 0 radical (unpaired) electrons. The molecule has 0 aliphatic carbocycles. The van der Waals surface area contributed by atoms with Crippen LogP contribution < -0.4 is 0 Å². The SMILES string of the molecule is CCOC(=O)C(CCc1cccc(F)c1)c1ccncc1. The molecule has 2 aromatic rings. The number of pyridine rings is 1. The quantitative estimate of drug-likeness (QED) is 0.763. The minimum absolute atomic E-state index is 0.250. The van der Waals surface area contributed by atoms with Crippen molar-refractivity contribution < 1.29 is 13.9 Å². The van der Waals surface area contributed by atoms with Crippen LogP contribution in [0.25, 0.3) is 0 Å². The van der Waals surface area contributed by atoms with E-state index in [1.54, 1.807) is 25.4 Å². The Morgan fingerprint density at radius 1 is 1.29 bits per heavy atom. The number of hydrogen-bond acceptors (Lipinski definition) is 3. The number of carbonyl (C=O) groups is 1. The standard InChI is InChI=1S/C17H18FNO2/c1-2-21-17(20)16(14-8-10-19-11-9-14)7-6-13-4-3-5-15(18)12-13/h3-5,8-12,16H,2,6-7H2,1H3. The minimum Gasteiger partial charge on any atom is -0.466 e. The van der Waals surface area contributed by atoms with Crippen LogP contribution in [-0.2, 0) is 16.0 Å². The van der Waals surface area contributed by atoms with Crippen LogP contribution >= 0.6 is 0 Å². The van der Waals surface area contributed by atoms with Crippen molar-refractivity contribution in [2.75, 3.05) is 6.61 Å². The fourth-order valence-corrected chi connectivity index (χ4v) is 2.26. The Labute approximate surface area is 123 Å². The molecule has 0 amide bonds. The molecule has 0 spiro atoms. The molecule has 1 aromatic carbocycles. The topological polar surface area (TPSA) is 39.2 Å². The highest BCUT2D eigenvalue weighted by atomic mass is 19.1. The maximum atomic E-state index is 13.2. The number of carbonyl (C=O) groups excluding carboxylic acids is 1. The number of aryl methyl sites for hydroxylation is 1. The Morgan fingerprint density at radius 3 is 2.71 bits per heavy atom. The Bertz CT molecular complexity index is 586. The summed E-state index contributed by atoms with van der Waals surface area (Å²) in [6.07, 6.45) is 4.50. The summed E-state index contributed by atoms with van der Waals surface area (Å²) in [6, 6.07) is 10.1. The average molecular weight is 287 g/mol. The average Bonchev–Trinajstić information content (AvgIpc) is 2.49. The van der Waals surface area contributed by atoms with Crippen molar-refractivity contribution in [3.8, 4) is 0 Å². The van der Waals surface area contributed by atoms with Crippen molar-refractivity contribution in [3.05, 3.63) is 65.7 Å². The van der Waals surface area contributed by atoms with E-state index in [4.69, 9.17) is 4.74 Å². The molecule has 1 unspecified atom stereocenters. The maximum absolute atomic E-state index is 13.2. The van der Waals surface area contributed by atoms with E-state index in [9.17, 15) is 9.18 Å². The van der Waals surface area contributed by atoms with Crippen LogP contribution in [0, 0.1) is 5.82 Å². The summed E-state index contributed by atoms with van der Waals surface area (Å²) in [5.41, 5.74) is 1.75. The molecule has 0 aliphatic rings. The van der Waals surface area contributed by atoms with Gasteiger partial charge in [0, 0.05) is 12.4 Å². The van der Waals surface area contributed by atoms with E-state index in [0.29, 0.717) is 19.4 Å². The zero-order chi connectivity index (χ0) is 15.1. The van der Waals surface area contributed by atoms with E-state index in [0.717, 1.165) is 11.1 Å². The van der Waals surface area contributed by atoms with Gasteiger partial charge in [-0.15, -0.1) is 0 Å². The molecule has 1 heterocycles. The van der Waals surface area contributed by atoms with Crippen LogP contribution in [0.1, 0.15) is 30.4 Å². The maximum Gasteiger partial charge on any atom is 0.313 e. The van der Waals surface area contributed by atoms with Crippen LogP contribution in [0.2, 0.25) is 0 Å². The third-order valence-corrected chi connectivity index (χ3v) is 3.29. The lowest BCUT2D eigenvalue weighted by atomic mass is 9.93. The highest BCUT2D eigenvalue weighted by Crippen LogP contribution is 2.23. The summed E-state index contributed by atoms with van der Waals surface area (Å²) >= 11 is 0. The number of hydrogen-bond donors (Lipinski definition) is 0. The lowest BCUT2D eigenvalue weighted by molar-refractivity contribution is -0.145. The van der Waals surface area contributed by atoms with Gasteiger partial charge in [-0.2, -0.15) is 0 Å². The van der Waals surface area contributed by atoms with E-state index in [2.05, 4.69) is 4.98 Å². The van der Waals surface area contributed by atoms with Gasteiger partial charge in [0.25, 0.3) is 0 Å². The van der Waals surface area contributed by atoms with Gasteiger partial charge in [0.15, 0.2) is 0 Å². The summed E-state index contributed by atoms with van der Waals surface area (Å²) in [7, 11) is 0. The van der Waals surface area contributed by atoms with Gasteiger partial charge in [0.2, 0.25) is 0 Å². The van der Waals surface area contributed by atoms with Crippen molar-refractivity contribution in [2.45, 2.75) is 25.7 Å². The van der Waals surface area contributed by atoms with E-state index in [1.807, 2.05) is 18.2 Å². The lowest BCUT2D eigenvalue weighted by Crippen LogP contribution is -2.17. The first-order chi connectivity index (χ1) is 10.2. The second-order valence-corrected chi connectivity index (χ2v) is 4.75. The second kappa shape index (κ2) is 7.53. The van der Waals surface area contributed by atoms with E-state index >= 15 is 0 Å². The van der Waals surface area contributed by atoms with Crippen molar-refractivity contribution in [1.82, 2.24) is 4.98 Å². The molecular weight excluding hydrogens is 269 g/mol. The smallest absolute Gasteiger partial charge is 0.313 e. The van der Waals surface area contributed by atoms with Crippen molar-refractivity contribution in [2.24, 2.45) is 0 Å². The first-order valence-electron chi connectivity index (χ1n) is 7.01. The van der Waals surface area contributed by atoms with Crippen LogP contribution in [0.4, 0.5) is 4.39 Å². The molecule has 110 valence electrons. The van der Waals surface area contributed by atoms with Gasteiger partial charge in [0.05, 0.1) is 12.5 Å². The second-order valence-electron chi connectivity index (χ2n) is 4.75. The Balaban J connectivity index is 2.11. The highest BCUT2D eigenvalue weighted by Gasteiger charge is 2.21. The van der Waals surface area contributed by atoms with Crippen LogP contribution in [0.5, 0.6) is 0 Å². The summed E-state index contributed by atoms with van der Waals surface area (Å²) < 4.78 is 18.3. The van der Waals surface area contributed by atoms with Gasteiger partial charge in [-0.3, -0.25) is 9.78 Å². The van der Waals surface area contributed by atoms with E-state index < -0.39 is 0 Å². The normalized spacial score (nSPS) is 11.9. The molecule has 21 heavy (non-hydrogen) atoms. The third kappa shape index (κ3) is 4.38. The molecule has 0 bridgehead atoms. The first-order valence-corrected chi connectivity index (χ1v) is 7.01. The summed E-state index contributed by atoms with van der Waals surface area (Å²) in [5.74, 6) is -0.861. The molecule has 1 aromatic heterocycles. The third-order valence-electron chi connectivity index (χ3n) is 3.29. The first kappa shape index (κ1) is 15.2. The summed E-state index contributed by atoms with van der Waals surface area (Å²) in [4.78, 5) is 16.1. The van der Waals surface area contributed by atoms with E-state index in [1.165, 1.54) is 12.1 Å². The van der Waals surface area contributed by atoms with Gasteiger partial charge in [-0.05, 0) is 55.2 Å². The van der Waals surface area contributed by atoms with E-state index in [-0.39, 0.29) is 17.7 Å². The Hall–Kier alpha value is -2.23. The summed E-state index contributed by atoms with van der Waals surface area (Å²) in [6.45, 7) is 2.13. The number of nitrogens with zero attached hydrogens (tertiary/aromatic N) is 1. The van der Waals surface area contributed by atoms with Gasteiger partial charge in [-0.25, -0.2) is 4.39 Å². The fourth-order valence-electron chi connectivity index (χ4n) is 2.26. The van der Waals surface area contributed by atoms with Crippen molar-refractivity contribution >= 4 is 5.97 Å². The molecule has 0 fully saturated rings. The number of ether oxygens (including phenoxy) is 1. The van der Waals surface area contributed by atoms with Crippen molar-refractivity contribution in [1.29, 1.82) is 0 Å². The zero-order valence-corrected chi connectivity index (χ0v) is 12.0. The van der Waals surface area contributed by atoms with Gasteiger partial charge >= 0.3 is 5.97 Å². The predicted molar refractivity (Wildman–Crippen MR) is 78.3 cm³/mol. The molecule has 1 atom stereocenters. The van der Waals surface area contributed by atoms with Gasteiger partial charge in [0.1, 0.15) is 5.82 Å². The molecule has 0 aliphatic heterocycles. The molecule has 0 saturated heterocycles. The summed E-state index contributed by atoms with van der Waals surface area (Å²) in [5, 5.41) is 0. The van der Waals surface area contributed by atoms with Crippen LogP contribution in [0.3, 0.4) is 0 Å². The molecular formula is C17H18FNO2. The minimum atomic E-state index is -0.351. The van der Waals surface area contributed by atoms with Crippen LogP contribution in [-0.4, -0.2) is 17.6 Å². The zero-order valence-electron chi connectivity index (χ0n) is 12.0. The molecule has 2 rings (SSSR count). The Morgan fingerprint density at radius 2 is 2.05 bits per heavy atom. The number of benzene rings is 1. The number of rotatable bonds is 6.